The van der Waals surface area contributed by atoms with Gasteiger partial charge in [-0.25, -0.2) is 8.78 Å². The first-order valence-corrected chi connectivity index (χ1v) is 6.16. The van der Waals surface area contributed by atoms with Crippen molar-refractivity contribution in [3.05, 3.63) is 23.8 Å². The first-order valence-electron chi connectivity index (χ1n) is 6.16. The smallest absolute Gasteiger partial charge is 0.151 e. The molecule has 1 aliphatic heterocycles. The number of anilines is 2. The minimum Gasteiger partial charge on any atom is -0.399 e. The van der Waals surface area contributed by atoms with Gasteiger partial charge in [-0.1, -0.05) is 0 Å². The zero-order chi connectivity index (χ0) is 13.3. The summed E-state index contributed by atoms with van der Waals surface area (Å²) in [6.45, 7) is 2.85. The van der Waals surface area contributed by atoms with E-state index in [1.54, 1.807) is 11.8 Å². The Bertz CT molecular complexity index is 406. The van der Waals surface area contributed by atoms with Crippen molar-refractivity contribution in [3.8, 4) is 0 Å². The van der Waals surface area contributed by atoms with Crippen molar-refractivity contribution in [2.24, 2.45) is 5.92 Å². The van der Waals surface area contributed by atoms with Crippen LogP contribution in [0.25, 0.3) is 0 Å². The van der Waals surface area contributed by atoms with Gasteiger partial charge in [-0.05, 0) is 37.8 Å². The lowest BCUT2D eigenvalue weighted by atomic mass is 9.92. The molecule has 1 atom stereocenters. The lowest BCUT2D eigenvalue weighted by Crippen LogP contribution is -2.38. The van der Waals surface area contributed by atoms with Crippen LogP contribution < -0.4 is 10.6 Å². The zero-order valence-corrected chi connectivity index (χ0v) is 10.4. The summed E-state index contributed by atoms with van der Waals surface area (Å²) >= 11 is 0. The zero-order valence-electron chi connectivity index (χ0n) is 10.4. The molecule has 2 rings (SSSR count). The molecule has 1 aromatic rings. The van der Waals surface area contributed by atoms with E-state index in [2.05, 4.69) is 0 Å². The normalized spacial score (nSPS) is 19.0. The van der Waals surface area contributed by atoms with E-state index in [1.807, 2.05) is 0 Å². The van der Waals surface area contributed by atoms with Gasteiger partial charge in [0.1, 0.15) is 5.69 Å². The molecule has 1 aromatic carbocycles. The van der Waals surface area contributed by atoms with Crippen LogP contribution in [0.2, 0.25) is 0 Å². The monoisotopic (exact) mass is 256 g/mol. The standard InChI is InChI=1S/C13H18F2N2O/c1-8(18)9-2-4-17(5-3-9)13-11(14)6-10(16)7-12(13)15/h6-9,18H,2-5,16H2,1H3. The van der Waals surface area contributed by atoms with E-state index < -0.39 is 11.6 Å². The second kappa shape index (κ2) is 5.10. The number of hydrogen-bond acceptors (Lipinski definition) is 3. The topological polar surface area (TPSA) is 49.5 Å². The van der Waals surface area contributed by atoms with E-state index >= 15 is 0 Å². The third-order valence-corrected chi connectivity index (χ3v) is 3.58. The molecule has 3 N–H and O–H groups in total. The molecule has 3 nitrogen and oxygen atoms in total. The van der Waals surface area contributed by atoms with E-state index in [0.717, 1.165) is 25.0 Å². The quantitative estimate of drug-likeness (QED) is 0.797. The number of piperidine rings is 1. The largest absolute Gasteiger partial charge is 0.399 e. The SMILES string of the molecule is CC(O)C1CCN(c2c(F)cc(N)cc2F)CC1. The highest BCUT2D eigenvalue weighted by atomic mass is 19.1. The number of halogens is 2. The highest BCUT2D eigenvalue weighted by molar-refractivity contribution is 5.56. The summed E-state index contributed by atoms with van der Waals surface area (Å²) in [6, 6.07) is 2.28. The van der Waals surface area contributed by atoms with E-state index in [1.165, 1.54) is 0 Å². The predicted octanol–water partition coefficient (Wildman–Crippen LogP) is 2.14. The molecule has 1 fully saturated rings. The third kappa shape index (κ3) is 2.56. The van der Waals surface area contributed by atoms with Crippen molar-refractivity contribution in [2.75, 3.05) is 23.7 Å². The van der Waals surface area contributed by atoms with Crippen molar-refractivity contribution in [1.82, 2.24) is 0 Å². The molecule has 0 amide bonds. The van der Waals surface area contributed by atoms with Crippen LogP contribution in [0.5, 0.6) is 0 Å². The molecule has 5 heteroatoms. The molecule has 18 heavy (non-hydrogen) atoms. The summed E-state index contributed by atoms with van der Waals surface area (Å²) in [5.74, 6) is -1.04. The maximum Gasteiger partial charge on any atom is 0.151 e. The van der Waals surface area contributed by atoms with Gasteiger partial charge in [0, 0.05) is 18.8 Å². The van der Waals surface area contributed by atoms with Crippen LogP contribution >= 0.6 is 0 Å². The average Bonchev–Trinajstić information content (AvgIpc) is 2.28. The lowest BCUT2D eigenvalue weighted by molar-refractivity contribution is 0.109. The minimum atomic E-state index is -0.622. The summed E-state index contributed by atoms with van der Waals surface area (Å²) < 4.78 is 27.5. The van der Waals surface area contributed by atoms with E-state index in [0.29, 0.717) is 13.1 Å². The van der Waals surface area contributed by atoms with Crippen molar-refractivity contribution in [3.63, 3.8) is 0 Å². The van der Waals surface area contributed by atoms with Gasteiger partial charge in [0.25, 0.3) is 0 Å². The van der Waals surface area contributed by atoms with Gasteiger partial charge in [-0.15, -0.1) is 0 Å². The fraction of sp³-hybridized carbons (Fsp3) is 0.538. The summed E-state index contributed by atoms with van der Waals surface area (Å²) in [7, 11) is 0. The summed E-state index contributed by atoms with van der Waals surface area (Å²) in [4.78, 5) is 1.68. The van der Waals surface area contributed by atoms with Crippen LogP contribution in [0.1, 0.15) is 19.8 Å². The summed E-state index contributed by atoms with van der Waals surface area (Å²) in [5.41, 5.74) is 5.47. The van der Waals surface area contributed by atoms with Gasteiger partial charge in [-0.2, -0.15) is 0 Å². The van der Waals surface area contributed by atoms with Crippen LogP contribution in [0.3, 0.4) is 0 Å². The van der Waals surface area contributed by atoms with E-state index in [-0.39, 0.29) is 23.4 Å². The molecule has 100 valence electrons. The van der Waals surface area contributed by atoms with Crippen LogP contribution in [-0.4, -0.2) is 24.3 Å². The number of rotatable bonds is 2. The van der Waals surface area contributed by atoms with Crippen molar-refractivity contribution in [2.45, 2.75) is 25.9 Å². The van der Waals surface area contributed by atoms with Crippen LogP contribution in [-0.2, 0) is 0 Å². The number of hydrogen-bond donors (Lipinski definition) is 2. The number of nitrogens with zero attached hydrogens (tertiary/aromatic N) is 1. The molecular weight excluding hydrogens is 238 g/mol. The first-order chi connectivity index (χ1) is 8.49. The minimum absolute atomic E-state index is 0.00626. The molecule has 0 spiro atoms. The van der Waals surface area contributed by atoms with Gasteiger partial charge in [0.2, 0.25) is 0 Å². The Balaban J connectivity index is 2.15. The second-order valence-electron chi connectivity index (χ2n) is 4.90. The van der Waals surface area contributed by atoms with Crippen LogP contribution in [0, 0.1) is 17.6 Å². The third-order valence-electron chi connectivity index (χ3n) is 3.58. The Morgan fingerprint density at radius 1 is 1.28 bits per heavy atom. The molecule has 0 aliphatic carbocycles. The maximum atomic E-state index is 13.7. The summed E-state index contributed by atoms with van der Waals surface area (Å²) in [5, 5.41) is 9.50. The Labute approximate surface area is 105 Å². The van der Waals surface area contributed by atoms with Crippen molar-refractivity contribution < 1.29 is 13.9 Å². The van der Waals surface area contributed by atoms with Gasteiger partial charge in [0.05, 0.1) is 6.10 Å². The van der Waals surface area contributed by atoms with Gasteiger partial charge < -0.3 is 15.7 Å². The first kappa shape index (κ1) is 13.1. The van der Waals surface area contributed by atoms with Gasteiger partial charge >= 0.3 is 0 Å². The molecular formula is C13H18F2N2O. The fourth-order valence-electron chi connectivity index (χ4n) is 2.49. The van der Waals surface area contributed by atoms with Crippen molar-refractivity contribution >= 4 is 11.4 Å². The number of nitrogens with two attached hydrogens (primary N) is 1. The second-order valence-corrected chi connectivity index (χ2v) is 4.90. The molecule has 1 saturated heterocycles. The molecule has 1 unspecified atom stereocenters. The Hall–Kier alpha value is -1.36. The summed E-state index contributed by atoms with van der Waals surface area (Å²) in [6.07, 6.45) is 1.11. The Morgan fingerprint density at radius 3 is 2.22 bits per heavy atom. The number of aliphatic hydroxyl groups is 1. The molecule has 0 saturated carbocycles. The average molecular weight is 256 g/mol. The van der Waals surface area contributed by atoms with E-state index in [9.17, 15) is 13.9 Å². The Morgan fingerprint density at radius 2 is 1.78 bits per heavy atom. The highest BCUT2D eigenvalue weighted by Crippen LogP contribution is 2.30. The highest BCUT2D eigenvalue weighted by Gasteiger charge is 2.26. The van der Waals surface area contributed by atoms with Gasteiger partial charge in [0.15, 0.2) is 11.6 Å². The molecule has 1 heterocycles. The molecule has 0 bridgehead atoms. The number of aliphatic hydroxyl groups excluding tert-OH is 1. The van der Waals surface area contributed by atoms with E-state index in [4.69, 9.17) is 5.73 Å². The Kier molecular flexibility index (Phi) is 3.71. The van der Waals surface area contributed by atoms with Crippen LogP contribution in [0.15, 0.2) is 12.1 Å². The molecule has 1 aliphatic rings. The van der Waals surface area contributed by atoms with Crippen molar-refractivity contribution in [1.29, 1.82) is 0 Å². The van der Waals surface area contributed by atoms with Gasteiger partial charge in [-0.3, -0.25) is 0 Å². The van der Waals surface area contributed by atoms with Crippen LogP contribution in [0.4, 0.5) is 20.2 Å². The molecule has 0 radical (unpaired) electrons. The maximum absolute atomic E-state index is 13.7. The predicted molar refractivity (Wildman–Crippen MR) is 67.4 cm³/mol. The lowest BCUT2D eigenvalue weighted by Gasteiger charge is -2.35. The molecule has 0 aromatic heterocycles. The number of benzene rings is 1. The number of nitrogen functional groups attached to an aromatic ring is 1. The fourth-order valence-corrected chi connectivity index (χ4v) is 2.49.